The summed E-state index contributed by atoms with van der Waals surface area (Å²) in [7, 11) is 0. The summed E-state index contributed by atoms with van der Waals surface area (Å²) in [5.41, 5.74) is 1.69. The molecule has 2 heteroatoms. The van der Waals surface area contributed by atoms with Crippen molar-refractivity contribution in [2.24, 2.45) is 0 Å². The summed E-state index contributed by atoms with van der Waals surface area (Å²) in [6.07, 6.45) is 6.38. The minimum absolute atomic E-state index is 0.340. The zero-order chi connectivity index (χ0) is 11.0. The minimum Gasteiger partial charge on any atom is -0.508 e. The molecule has 2 atom stereocenters. The molecule has 2 aliphatic rings. The Labute approximate surface area is 96.7 Å². The number of phenolic OH excluding ortho intramolecular Hbond substituents is 1. The zero-order valence-corrected chi connectivity index (χ0v) is 9.58. The number of hydrogen-bond acceptors (Lipinski definition) is 2. The molecule has 1 aliphatic carbocycles. The van der Waals surface area contributed by atoms with Crippen molar-refractivity contribution in [1.29, 1.82) is 0 Å². The molecule has 0 unspecified atom stereocenters. The van der Waals surface area contributed by atoms with Crippen molar-refractivity contribution in [2.75, 3.05) is 6.54 Å². The van der Waals surface area contributed by atoms with Crippen molar-refractivity contribution in [3.8, 4) is 5.75 Å². The molecule has 0 amide bonds. The van der Waals surface area contributed by atoms with Crippen molar-refractivity contribution in [1.82, 2.24) is 5.32 Å². The minimum atomic E-state index is 0.340. The van der Waals surface area contributed by atoms with Crippen LogP contribution in [-0.4, -0.2) is 17.7 Å². The Bertz CT molecular complexity index is 378. The highest BCUT2D eigenvalue weighted by Gasteiger charge is 2.40. The summed E-state index contributed by atoms with van der Waals surface area (Å²) in [6.45, 7) is 1.13. The zero-order valence-electron chi connectivity index (χ0n) is 9.58. The van der Waals surface area contributed by atoms with E-state index in [1.807, 2.05) is 12.1 Å². The van der Waals surface area contributed by atoms with Gasteiger partial charge in [0.25, 0.3) is 0 Å². The molecule has 16 heavy (non-hydrogen) atoms. The lowest BCUT2D eigenvalue weighted by atomic mass is 9.64. The average Bonchev–Trinajstić information content (AvgIpc) is 2.29. The fourth-order valence-electron chi connectivity index (χ4n) is 3.52. The first-order valence-electron chi connectivity index (χ1n) is 6.31. The van der Waals surface area contributed by atoms with E-state index >= 15 is 0 Å². The molecule has 3 rings (SSSR count). The van der Waals surface area contributed by atoms with Crippen molar-refractivity contribution in [3.63, 3.8) is 0 Å². The van der Waals surface area contributed by atoms with Gasteiger partial charge >= 0.3 is 0 Å². The van der Waals surface area contributed by atoms with Crippen molar-refractivity contribution in [3.05, 3.63) is 29.8 Å². The van der Waals surface area contributed by atoms with E-state index in [9.17, 15) is 5.11 Å². The lowest BCUT2D eigenvalue weighted by Gasteiger charge is -2.46. The second kappa shape index (κ2) is 3.77. The van der Waals surface area contributed by atoms with Gasteiger partial charge in [0.05, 0.1) is 0 Å². The molecule has 2 N–H and O–H groups in total. The first kappa shape index (κ1) is 10.2. The van der Waals surface area contributed by atoms with Crippen molar-refractivity contribution < 1.29 is 5.11 Å². The molecule has 0 aromatic heterocycles. The fraction of sp³-hybridized carbons (Fsp3) is 0.571. The number of piperidine rings is 1. The largest absolute Gasteiger partial charge is 0.508 e. The highest BCUT2D eigenvalue weighted by atomic mass is 16.3. The topological polar surface area (TPSA) is 32.3 Å². The van der Waals surface area contributed by atoms with Gasteiger partial charge < -0.3 is 10.4 Å². The SMILES string of the molecule is Oc1cccc([C@@]23CCC[C@H](C2)NCC3)c1. The van der Waals surface area contributed by atoms with Gasteiger partial charge in [0, 0.05) is 6.04 Å². The van der Waals surface area contributed by atoms with E-state index < -0.39 is 0 Å². The van der Waals surface area contributed by atoms with Crippen LogP contribution in [0.15, 0.2) is 24.3 Å². The molecule has 1 aliphatic heterocycles. The van der Waals surface area contributed by atoms with Crippen LogP contribution in [0.1, 0.15) is 37.7 Å². The summed E-state index contributed by atoms with van der Waals surface area (Å²) in [5.74, 6) is 0.410. The van der Waals surface area contributed by atoms with Crippen LogP contribution in [0.3, 0.4) is 0 Å². The standard InChI is InChI=1S/C14H19NO/c16-13-5-1-3-11(9-13)14-6-2-4-12(10-14)15-8-7-14/h1,3,5,9,12,15-16H,2,4,6-8,10H2/t12-,14-/m1/s1. The molecule has 0 radical (unpaired) electrons. The third-order valence-corrected chi connectivity index (χ3v) is 4.34. The molecule has 2 fully saturated rings. The highest BCUT2D eigenvalue weighted by molar-refractivity contribution is 5.34. The molecular formula is C14H19NO. The second-order valence-corrected chi connectivity index (χ2v) is 5.33. The lowest BCUT2D eigenvalue weighted by Crippen LogP contribution is -2.49. The molecule has 0 spiro atoms. The third kappa shape index (κ3) is 1.61. The van der Waals surface area contributed by atoms with Crippen LogP contribution in [0.2, 0.25) is 0 Å². The quantitative estimate of drug-likeness (QED) is 0.757. The van der Waals surface area contributed by atoms with Gasteiger partial charge in [0.2, 0.25) is 0 Å². The van der Waals surface area contributed by atoms with E-state index in [1.54, 1.807) is 6.07 Å². The van der Waals surface area contributed by atoms with Crippen molar-refractivity contribution in [2.45, 2.75) is 43.6 Å². The van der Waals surface area contributed by atoms with E-state index in [0.717, 1.165) is 6.54 Å². The van der Waals surface area contributed by atoms with E-state index in [2.05, 4.69) is 11.4 Å². The number of rotatable bonds is 1. The number of benzene rings is 1. The van der Waals surface area contributed by atoms with E-state index in [0.29, 0.717) is 17.2 Å². The third-order valence-electron chi connectivity index (χ3n) is 4.34. The summed E-state index contributed by atoms with van der Waals surface area (Å²) >= 11 is 0. The van der Waals surface area contributed by atoms with Gasteiger partial charge in [-0.2, -0.15) is 0 Å². The summed E-state index contributed by atoms with van der Waals surface area (Å²) in [5, 5.41) is 13.2. The Morgan fingerprint density at radius 1 is 1.31 bits per heavy atom. The van der Waals surface area contributed by atoms with Crippen LogP contribution in [-0.2, 0) is 5.41 Å². The summed E-state index contributed by atoms with van der Waals surface area (Å²) < 4.78 is 0. The van der Waals surface area contributed by atoms with Gasteiger partial charge in [-0.05, 0) is 55.3 Å². The van der Waals surface area contributed by atoms with Gasteiger partial charge in [0.1, 0.15) is 5.75 Å². The molecule has 1 saturated heterocycles. The Morgan fingerprint density at radius 2 is 2.25 bits per heavy atom. The predicted molar refractivity (Wildman–Crippen MR) is 64.7 cm³/mol. The molecule has 1 aromatic rings. The molecule has 1 saturated carbocycles. The first-order chi connectivity index (χ1) is 7.78. The van der Waals surface area contributed by atoms with E-state index in [1.165, 1.54) is 37.7 Å². The van der Waals surface area contributed by atoms with Crippen LogP contribution in [0, 0.1) is 0 Å². The van der Waals surface area contributed by atoms with Gasteiger partial charge in [-0.1, -0.05) is 18.6 Å². The number of fused-ring (bicyclic) bond motifs is 2. The maximum absolute atomic E-state index is 9.62. The molecule has 2 bridgehead atoms. The van der Waals surface area contributed by atoms with Gasteiger partial charge in [0.15, 0.2) is 0 Å². The van der Waals surface area contributed by atoms with Gasteiger partial charge in [-0.25, -0.2) is 0 Å². The van der Waals surface area contributed by atoms with Crippen LogP contribution in [0.4, 0.5) is 0 Å². The predicted octanol–water partition coefficient (Wildman–Crippen LogP) is 2.57. The van der Waals surface area contributed by atoms with Gasteiger partial charge in [-0.3, -0.25) is 0 Å². The van der Waals surface area contributed by atoms with Gasteiger partial charge in [-0.15, -0.1) is 0 Å². The highest BCUT2D eigenvalue weighted by Crippen LogP contribution is 2.44. The number of phenols is 1. The maximum Gasteiger partial charge on any atom is 0.115 e. The van der Waals surface area contributed by atoms with Crippen LogP contribution < -0.4 is 5.32 Å². The van der Waals surface area contributed by atoms with Crippen LogP contribution in [0.25, 0.3) is 0 Å². The summed E-state index contributed by atoms with van der Waals surface area (Å²) in [6, 6.07) is 8.60. The van der Waals surface area contributed by atoms with E-state index in [-0.39, 0.29) is 0 Å². The molecule has 2 nitrogen and oxygen atoms in total. The maximum atomic E-state index is 9.62. The van der Waals surface area contributed by atoms with Crippen LogP contribution >= 0.6 is 0 Å². The van der Waals surface area contributed by atoms with E-state index in [4.69, 9.17) is 0 Å². The molecule has 1 aromatic carbocycles. The Balaban J connectivity index is 1.96. The molecule has 1 heterocycles. The monoisotopic (exact) mass is 217 g/mol. The Hall–Kier alpha value is -1.02. The second-order valence-electron chi connectivity index (χ2n) is 5.33. The lowest BCUT2D eigenvalue weighted by molar-refractivity contribution is 0.180. The number of nitrogens with one attached hydrogen (secondary N) is 1. The first-order valence-corrected chi connectivity index (χ1v) is 6.31. The number of aromatic hydroxyl groups is 1. The smallest absolute Gasteiger partial charge is 0.115 e. The summed E-state index contributed by atoms with van der Waals surface area (Å²) in [4.78, 5) is 0. The molecule has 86 valence electrons. The Kier molecular flexibility index (Phi) is 2.40. The van der Waals surface area contributed by atoms with Crippen LogP contribution in [0.5, 0.6) is 5.75 Å². The fourth-order valence-corrected chi connectivity index (χ4v) is 3.52. The normalized spacial score (nSPS) is 33.6. The molecular weight excluding hydrogens is 198 g/mol. The Morgan fingerprint density at radius 3 is 3.12 bits per heavy atom. The number of hydrogen-bond donors (Lipinski definition) is 2. The average molecular weight is 217 g/mol. The van der Waals surface area contributed by atoms with Crippen molar-refractivity contribution >= 4 is 0 Å².